The first-order valence-corrected chi connectivity index (χ1v) is 9.19. The Bertz CT molecular complexity index is 1170. The number of aryl methyl sites for hydroxylation is 2. The van der Waals surface area contributed by atoms with Gasteiger partial charge in [0.05, 0.1) is 16.4 Å². The normalized spacial score (nSPS) is 11.0. The van der Waals surface area contributed by atoms with Crippen molar-refractivity contribution < 1.29 is 4.74 Å². The number of nitrogens with zero attached hydrogens (tertiary/aromatic N) is 3. The van der Waals surface area contributed by atoms with E-state index in [-0.39, 0.29) is 5.69 Å². The van der Waals surface area contributed by atoms with Crippen LogP contribution in [0.5, 0.6) is 5.75 Å². The zero-order valence-electron chi connectivity index (χ0n) is 15.5. The Balaban J connectivity index is 1.59. The van der Waals surface area contributed by atoms with Gasteiger partial charge in [-0.25, -0.2) is 14.7 Å². The van der Waals surface area contributed by atoms with E-state index in [1.165, 1.54) is 9.36 Å². The molecular formula is C21H19ClN4O2. The summed E-state index contributed by atoms with van der Waals surface area (Å²) in [5, 5.41) is 3.50. The number of hydrogen-bond donors (Lipinski definition) is 1. The first-order chi connectivity index (χ1) is 13.5. The van der Waals surface area contributed by atoms with E-state index in [9.17, 15) is 4.79 Å². The molecule has 0 amide bonds. The van der Waals surface area contributed by atoms with Gasteiger partial charge in [-0.3, -0.25) is 4.98 Å². The maximum atomic E-state index is 12.0. The van der Waals surface area contributed by atoms with Crippen LogP contribution in [0.4, 0.5) is 0 Å². The number of rotatable bonds is 5. The predicted octanol–water partition coefficient (Wildman–Crippen LogP) is 4.11. The van der Waals surface area contributed by atoms with Gasteiger partial charge in [0.1, 0.15) is 12.4 Å². The lowest BCUT2D eigenvalue weighted by Gasteiger charge is -2.18. The minimum absolute atomic E-state index is 0.119. The van der Waals surface area contributed by atoms with Crippen LogP contribution >= 0.6 is 11.6 Å². The number of halogens is 1. The fraction of sp³-hybridized carbons (Fsp3) is 0.143. The van der Waals surface area contributed by atoms with Gasteiger partial charge in [0, 0.05) is 24.4 Å². The van der Waals surface area contributed by atoms with Crippen LogP contribution in [0, 0.1) is 6.92 Å². The Morgan fingerprint density at radius 2 is 1.93 bits per heavy atom. The van der Waals surface area contributed by atoms with Gasteiger partial charge in [-0.2, -0.15) is 4.68 Å². The number of aromatic amines is 1. The second kappa shape index (κ2) is 7.40. The minimum Gasteiger partial charge on any atom is -0.488 e. The zero-order chi connectivity index (χ0) is 19.7. The number of ether oxygens (including phenoxy) is 1. The van der Waals surface area contributed by atoms with Crippen molar-refractivity contribution in [3.8, 4) is 22.7 Å². The van der Waals surface area contributed by atoms with E-state index in [2.05, 4.69) is 10.2 Å². The second-order valence-corrected chi connectivity index (χ2v) is 6.91. The fourth-order valence-electron chi connectivity index (χ4n) is 3.04. The molecule has 2 aromatic heterocycles. The molecule has 2 heterocycles. The molecule has 0 spiro atoms. The average Bonchev–Trinajstić information content (AvgIpc) is 2.73. The van der Waals surface area contributed by atoms with Crippen molar-refractivity contribution in [3.05, 3.63) is 87.4 Å². The van der Waals surface area contributed by atoms with Crippen LogP contribution in [-0.4, -0.2) is 19.6 Å². The molecule has 4 aromatic rings. The van der Waals surface area contributed by atoms with E-state index in [4.69, 9.17) is 16.3 Å². The first-order valence-electron chi connectivity index (χ1n) is 8.81. The monoisotopic (exact) mass is 394 g/mol. The molecule has 142 valence electrons. The standard InChI is InChI=1S/C21H19ClN4O2/c1-14-11-16(18-8-5-6-10-23-18)17(22)12-20(14)28-13-15-7-3-4-9-19(15)26-21(27)25(2)24-26/h3-12,24H,13H2,1-2H3. The van der Waals surface area contributed by atoms with Crippen LogP contribution in [0.2, 0.25) is 5.02 Å². The first kappa shape index (κ1) is 18.1. The fourth-order valence-corrected chi connectivity index (χ4v) is 3.29. The van der Waals surface area contributed by atoms with Crippen molar-refractivity contribution in [1.82, 2.24) is 19.6 Å². The van der Waals surface area contributed by atoms with Crippen molar-refractivity contribution in [2.75, 3.05) is 0 Å². The van der Waals surface area contributed by atoms with Gasteiger partial charge in [0.25, 0.3) is 0 Å². The highest BCUT2D eigenvalue weighted by Gasteiger charge is 2.13. The highest BCUT2D eigenvalue weighted by molar-refractivity contribution is 6.33. The van der Waals surface area contributed by atoms with Crippen molar-refractivity contribution in [2.24, 2.45) is 7.05 Å². The molecule has 0 aliphatic rings. The molecule has 2 aromatic carbocycles. The average molecular weight is 395 g/mol. The van der Waals surface area contributed by atoms with Gasteiger partial charge in [-0.15, -0.1) is 0 Å². The second-order valence-electron chi connectivity index (χ2n) is 6.51. The van der Waals surface area contributed by atoms with Crippen molar-refractivity contribution >= 4 is 11.6 Å². The third-order valence-electron chi connectivity index (χ3n) is 4.55. The highest BCUT2D eigenvalue weighted by Crippen LogP contribution is 2.33. The van der Waals surface area contributed by atoms with Crippen LogP contribution in [0.25, 0.3) is 16.9 Å². The van der Waals surface area contributed by atoms with Crippen molar-refractivity contribution in [1.29, 1.82) is 0 Å². The maximum absolute atomic E-state index is 12.0. The van der Waals surface area contributed by atoms with Crippen molar-refractivity contribution in [3.63, 3.8) is 0 Å². The van der Waals surface area contributed by atoms with Gasteiger partial charge in [0.2, 0.25) is 0 Å². The number of pyridine rings is 1. The van der Waals surface area contributed by atoms with Gasteiger partial charge >= 0.3 is 5.69 Å². The molecule has 0 atom stereocenters. The topological polar surface area (TPSA) is 64.8 Å². The Labute approximate surface area is 166 Å². The van der Waals surface area contributed by atoms with Gasteiger partial charge in [-0.1, -0.05) is 35.9 Å². The minimum atomic E-state index is -0.119. The maximum Gasteiger partial charge on any atom is 0.364 e. The molecule has 0 aliphatic carbocycles. The smallest absolute Gasteiger partial charge is 0.364 e. The predicted molar refractivity (Wildman–Crippen MR) is 109 cm³/mol. The van der Waals surface area contributed by atoms with Gasteiger partial charge in [-0.05, 0) is 42.8 Å². The summed E-state index contributed by atoms with van der Waals surface area (Å²) >= 11 is 6.48. The van der Waals surface area contributed by atoms with Gasteiger partial charge in [0.15, 0.2) is 0 Å². The molecule has 4 rings (SSSR count). The lowest BCUT2D eigenvalue weighted by Crippen LogP contribution is -2.40. The molecule has 0 radical (unpaired) electrons. The summed E-state index contributed by atoms with van der Waals surface area (Å²) < 4.78 is 8.94. The molecule has 0 bridgehead atoms. The summed E-state index contributed by atoms with van der Waals surface area (Å²) in [4.78, 5) is 16.3. The van der Waals surface area contributed by atoms with Crippen molar-refractivity contribution in [2.45, 2.75) is 13.5 Å². The number of benzene rings is 2. The quantitative estimate of drug-likeness (QED) is 0.554. The van der Waals surface area contributed by atoms with E-state index in [1.807, 2.05) is 61.5 Å². The molecular weight excluding hydrogens is 376 g/mol. The van der Waals surface area contributed by atoms with Crippen LogP contribution < -0.4 is 10.4 Å². The highest BCUT2D eigenvalue weighted by atomic mass is 35.5. The summed E-state index contributed by atoms with van der Waals surface area (Å²) in [7, 11) is 1.67. The number of H-pyrrole nitrogens is 1. The number of hydrogen-bond acceptors (Lipinski definition) is 3. The third kappa shape index (κ3) is 3.34. The zero-order valence-corrected chi connectivity index (χ0v) is 16.3. The molecule has 0 unspecified atom stereocenters. The van der Waals surface area contributed by atoms with Gasteiger partial charge < -0.3 is 4.74 Å². The molecule has 7 heteroatoms. The summed E-state index contributed by atoms with van der Waals surface area (Å²) in [6.45, 7) is 2.28. The molecule has 1 N–H and O–H groups in total. The molecule has 0 aliphatic heterocycles. The summed E-state index contributed by atoms with van der Waals surface area (Å²) in [6.07, 6.45) is 1.74. The van der Waals surface area contributed by atoms with Crippen LogP contribution in [0.1, 0.15) is 11.1 Å². The Morgan fingerprint density at radius 3 is 2.64 bits per heavy atom. The van der Waals surface area contributed by atoms with E-state index < -0.39 is 0 Å². The Morgan fingerprint density at radius 1 is 1.14 bits per heavy atom. The number of para-hydroxylation sites is 1. The van der Waals surface area contributed by atoms with Crippen LogP contribution in [-0.2, 0) is 13.7 Å². The largest absolute Gasteiger partial charge is 0.488 e. The lowest BCUT2D eigenvalue weighted by molar-refractivity contribution is 0.302. The molecule has 6 nitrogen and oxygen atoms in total. The molecule has 0 saturated heterocycles. The number of aromatic nitrogens is 4. The molecule has 28 heavy (non-hydrogen) atoms. The summed E-state index contributed by atoms with van der Waals surface area (Å²) in [6, 6.07) is 17.1. The summed E-state index contributed by atoms with van der Waals surface area (Å²) in [5.74, 6) is 0.694. The third-order valence-corrected chi connectivity index (χ3v) is 4.86. The SMILES string of the molecule is Cc1cc(-c2ccccn2)c(Cl)cc1OCc1ccccc1-n1[nH]n(C)c1=O. The molecule has 0 saturated carbocycles. The van der Waals surface area contributed by atoms with E-state index >= 15 is 0 Å². The van der Waals surface area contributed by atoms with E-state index in [0.29, 0.717) is 17.4 Å². The van der Waals surface area contributed by atoms with Crippen LogP contribution in [0.3, 0.4) is 0 Å². The Kier molecular flexibility index (Phi) is 4.79. The summed E-state index contributed by atoms with van der Waals surface area (Å²) in [5.41, 5.74) is 4.18. The number of nitrogens with one attached hydrogen (secondary N) is 1. The Hall–Kier alpha value is -3.25. The van der Waals surface area contributed by atoms with E-state index in [0.717, 1.165) is 28.1 Å². The lowest BCUT2D eigenvalue weighted by atomic mass is 10.1. The van der Waals surface area contributed by atoms with E-state index in [1.54, 1.807) is 13.2 Å². The van der Waals surface area contributed by atoms with Crippen LogP contribution in [0.15, 0.2) is 65.6 Å². The molecule has 0 fully saturated rings.